The summed E-state index contributed by atoms with van der Waals surface area (Å²) < 4.78 is 0. The molecule has 0 aliphatic rings. The highest BCUT2D eigenvalue weighted by Crippen LogP contribution is 2.18. The van der Waals surface area contributed by atoms with Gasteiger partial charge in [0, 0.05) is 19.1 Å². The van der Waals surface area contributed by atoms with Crippen molar-refractivity contribution in [2.24, 2.45) is 0 Å². The van der Waals surface area contributed by atoms with E-state index in [0.29, 0.717) is 6.04 Å². The molecule has 2 aromatic rings. The van der Waals surface area contributed by atoms with Gasteiger partial charge in [0.2, 0.25) is 0 Å². The second-order valence-electron chi connectivity index (χ2n) is 5.50. The van der Waals surface area contributed by atoms with Crippen LogP contribution in [0.25, 0.3) is 0 Å². The van der Waals surface area contributed by atoms with Crippen molar-refractivity contribution in [1.82, 2.24) is 10.2 Å². The summed E-state index contributed by atoms with van der Waals surface area (Å²) in [6.07, 6.45) is 1.03. The Morgan fingerprint density at radius 3 is 2.19 bits per heavy atom. The van der Waals surface area contributed by atoms with E-state index >= 15 is 0 Å². The average molecular weight is 282 g/mol. The molecule has 0 spiro atoms. The first-order valence-electron chi connectivity index (χ1n) is 7.80. The number of nitrogens with zero attached hydrogens (tertiary/aromatic N) is 1. The van der Waals surface area contributed by atoms with E-state index in [-0.39, 0.29) is 0 Å². The summed E-state index contributed by atoms with van der Waals surface area (Å²) in [5.74, 6) is 0. The summed E-state index contributed by atoms with van der Waals surface area (Å²) in [6.45, 7) is 5.38. The molecule has 0 radical (unpaired) electrons. The molecule has 0 bridgehead atoms. The van der Waals surface area contributed by atoms with Crippen molar-refractivity contribution in [1.29, 1.82) is 0 Å². The van der Waals surface area contributed by atoms with Crippen LogP contribution in [-0.2, 0) is 6.42 Å². The lowest BCUT2D eigenvalue weighted by Gasteiger charge is -2.21. The molecule has 112 valence electrons. The zero-order valence-corrected chi connectivity index (χ0v) is 13.1. The normalized spacial score (nSPS) is 12.5. The fourth-order valence-corrected chi connectivity index (χ4v) is 2.43. The standard InChI is InChI=1S/C19H26N2/c1-3-21(2)15-14-20-19(18-12-8-5-9-13-18)16-17-10-6-4-7-11-17/h4-13,19-20H,3,14-16H2,1-2H3. The zero-order chi connectivity index (χ0) is 14.9. The van der Waals surface area contributed by atoms with Crippen LogP contribution in [0.4, 0.5) is 0 Å². The maximum Gasteiger partial charge on any atom is 0.0361 e. The SMILES string of the molecule is CCN(C)CCNC(Cc1ccccc1)c1ccccc1. The van der Waals surface area contributed by atoms with Crippen molar-refractivity contribution in [2.45, 2.75) is 19.4 Å². The van der Waals surface area contributed by atoms with Crippen molar-refractivity contribution in [3.8, 4) is 0 Å². The minimum atomic E-state index is 0.374. The van der Waals surface area contributed by atoms with Crippen LogP contribution in [0.15, 0.2) is 60.7 Å². The molecule has 2 aromatic carbocycles. The number of likely N-dealkylation sites (N-methyl/N-ethyl adjacent to an activating group) is 1. The van der Waals surface area contributed by atoms with Crippen LogP contribution in [-0.4, -0.2) is 31.6 Å². The van der Waals surface area contributed by atoms with E-state index in [2.05, 4.69) is 84.9 Å². The van der Waals surface area contributed by atoms with Crippen LogP contribution in [0.5, 0.6) is 0 Å². The van der Waals surface area contributed by atoms with E-state index in [0.717, 1.165) is 26.1 Å². The molecule has 1 N–H and O–H groups in total. The lowest BCUT2D eigenvalue weighted by atomic mass is 9.99. The second kappa shape index (κ2) is 8.60. The average Bonchev–Trinajstić information content (AvgIpc) is 2.55. The molecule has 1 unspecified atom stereocenters. The summed E-state index contributed by atoms with van der Waals surface area (Å²) >= 11 is 0. The van der Waals surface area contributed by atoms with E-state index in [1.807, 2.05) is 0 Å². The van der Waals surface area contributed by atoms with Crippen molar-refractivity contribution >= 4 is 0 Å². The molecule has 2 heteroatoms. The third-order valence-corrected chi connectivity index (χ3v) is 3.91. The fourth-order valence-electron chi connectivity index (χ4n) is 2.43. The molecule has 0 fully saturated rings. The van der Waals surface area contributed by atoms with Gasteiger partial charge in [0.15, 0.2) is 0 Å². The molecule has 0 aromatic heterocycles. The molecule has 1 atom stereocenters. The molecule has 0 saturated carbocycles. The lowest BCUT2D eigenvalue weighted by molar-refractivity contribution is 0.339. The third kappa shape index (κ3) is 5.33. The number of hydrogen-bond donors (Lipinski definition) is 1. The Labute approximate surface area is 128 Å². The number of rotatable bonds is 8. The molecular formula is C19H26N2. The van der Waals surface area contributed by atoms with Crippen molar-refractivity contribution in [3.05, 3.63) is 71.8 Å². The molecule has 0 saturated heterocycles. The van der Waals surface area contributed by atoms with Gasteiger partial charge in [-0.2, -0.15) is 0 Å². The highest BCUT2D eigenvalue weighted by atomic mass is 15.1. The highest BCUT2D eigenvalue weighted by molar-refractivity contribution is 5.23. The van der Waals surface area contributed by atoms with Gasteiger partial charge in [-0.15, -0.1) is 0 Å². The van der Waals surface area contributed by atoms with Crippen LogP contribution in [0.1, 0.15) is 24.1 Å². The molecular weight excluding hydrogens is 256 g/mol. The Balaban J connectivity index is 2.01. The maximum absolute atomic E-state index is 3.71. The molecule has 2 rings (SSSR count). The van der Waals surface area contributed by atoms with Crippen LogP contribution in [0.2, 0.25) is 0 Å². The van der Waals surface area contributed by atoms with Crippen LogP contribution in [0.3, 0.4) is 0 Å². The largest absolute Gasteiger partial charge is 0.308 e. The quantitative estimate of drug-likeness (QED) is 0.797. The molecule has 0 heterocycles. The van der Waals surface area contributed by atoms with Crippen molar-refractivity contribution in [2.75, 3.05) is 26.7 Å². The minimum Gasteiger partial charge on any atom is -0.308 e. The molecule has 0 aliphatic heterocycles. The maximum atomic E-state index is 3.71. The molecule has 0 aliphatic carbocycles. The topological polar surface area (TPSA) is 15.3 Å². The van der Waals surface area contributed by atoms with Gasteiger partial charge < -0.3 is 10.2 Å². The first-order valence-corrected chi connectivity index (χ1v) is 7.80. The smallest absolute Gasteiger partial charge is 0.0361 e. The predicted octanol–water partition coefficient (Wildman–Crippen LogP) is 3.51. The van der Waals surface area contributed by atoms with Gasteiger partial charge in [0.05, 0.1) is 0 Å². The predicted molar refractivity (Wildman–Crippen MR) is 90.5 cm³/mol. The molecule has 0 amide bonds. The van der Waals surface area contributed by atoms with E-state index < -0.39 is 0 Å². The second-order valence-corrected chi connectivity index (χ2v) is 5.50. The summed E-state index contributed by atoms with van der Waals surface area (Å²) in [4.78, 5) is 2.33. The van der Waals surface area contributed by atoms with Crippen LogP contribution < -0.4 is 5.32 Å². The summed E-state index contributed by atoms with van der Waals surface area (Å²) in [5.41, 5.74) is 2.74. The van der Waals surface area contributed by atoms with E-state index in [4.69, 9.17) is 0 Å². The van der Waals surface area contributed by atoms with Gasteiger partial charge in [0.25, 0.3) is 0 Å². The van der Waals surface area contributed by atoms with Gasteiger partial charge in [-0.1, -0.05) is 67.6 Å². The van der Waals surface area contributed by atoms with Gasteiger partial charge in [-0.3, -0.25) is 0 Å². The van der Waals surface area contributed by atoms with E-state index in [9.17, 15) is 0 Å². The van der Waals surface area contributed by atoms with Gasteiger partial charge >= 0.3 is 0 Å². The van der Waals surface area contributed by atoms with Crippen molar-refractivity contribution < 1.29 is 0 Å². The van der Waals surface area contributed by atoms with E-state index in [1.165, 1.54) is 11.1 Å². The Morgan fingerprint density at radius 2 is 1.57 bits per heavy atom. The van der Waals surface area contributed by atoms with Gasteiger partial charge in [-0.05, 0) is 31.1 Å². The number of hydrogen-bond acceptors (Lipinski definition) is 2. The Kier molecular flexibility index (Phi) is 6.45. The summed E-state index contributed by atoms with van der Waals surface area (Å²) in [5, 5.41) is 3.71. The first kappa shape index (κ1) is 15.7. The highest BCUT2D eigenvalue weighted by Gasteiger charge is 2.11. The van der Waals surface area contributed by atoms with Crippen LogP contribution in [0, 0.1) is 0 Å². The summed E-state index contributed by atoms with van der Waals surface area (Å²) in [6, 6.07) is 21.8. The summed E-state index contributed by atoms with van der Waals surface area (Å²) in [7, 11) is 2.16. The Morgan fingerprint density at radius 1 is 0.952 bits per heavy atom. The monoisotopic (exact) mass is 282 g/mol. The third-order valence-electron chi connectivity index (χ3n) is 3.91. The van der Waals surface area contributed by atoms with Gasteiger partial charge in [0.1, 0.15) is 0 Å². The Hall–Kier alpha value is -1.64. The van der Waals surface area contributed by atoms with Crippen molar-refractivity contribution in [3.63, 3.8) is 0 Å². The van der Waals surface area contributed by atoms with Gasteiger partial charge in [-0.25, -0.2) is 0 Å². The lowest BCUT2D eigenvalue weighted by Crippen LogP contribution is -2.32. The first-order chi connectivity index (χ1) is 10.3. The Bertz CT molecular complexity index is 495. The number of benzene rings is 2. The van der Waals surface area contributed by atoms with E-state index in [1.54, 1.807) is 0 Å². The molecule has 2 nitrogen and oxygen atoms in total. The van der Waals surface area contributed by atoms with Crippen LogP contribution >= 0.6 is 0 Å². The minimum absolute atomic E-state index is 0.374. The fraction of sp³-hybridized carbons (Fsp3) is 0.368. The molecule has 21 heavy (non-hydrogen) atoms. The number of nitrogens with one attached hydrogen (secondary N) is 1. The zero-order valence-electron chi connectivity index (χ0n) is 13.1.